The lowest BCUT2D eigenvalue weighted by Crippen LogP contribution is -2.09. The minimum atomic E-state index is 0.104. The Morgan fingerprint density at radius 2 is 2.18 bits per heavy atom. The van der Waals surface area contributed by atoms with Crippen molar-refractivity contribution in [2.75, 3.05) is 5.32 Å². The molecule has 0 saturated heterocycles. The van der Waals surface area contributed by atoms with Crippen LogP contribution in [0.1, 0.15) is 30.0 Å². The molecule has 90 valence electrons. The summed E-state index contributed by atoms with van der Waals surface area (Å²) in [6.45, 7) is 5.92. The smallest absolute Gasteiger partial charge is 0.140 e. The Hall–Kier alpha value is -1.36. The van der Waals surface area contributed by atoms with E-state index in [1.807, 2.05) is 26.0 Å². The van der Waals surface area contributed by atoms with Crippen LogP contribution in [-0.2, 0) is 0 Å². The predicted octanol–water partition coefficient (Wildman–Crippen LogP) is 3.62. The molecule has 2 heterocycles. The third-order valence-corrected chi connectivity index (χ3v) is 3.27. The van der Waals surface area contributed by atoms with E-state index in [2.05, 4.69) is 38.3 Å². The van der Waals surface area contributed by atoms with Crippen LogP contribution in [0.2, 0.25) is 0 Å². The first-order chi connectivity index (χ1) is 8.09. The zero-order valence-electron chi connectivity index (χ0n) is 9.99. The topological polar surface area (TPSA) is 51.0 Å². The van der Waals surface area contributed by atoms with Crippen LogP contribution in [-0.4, -0.2) is 10.1 Å². The van der Waals surface area contributed by atoms with E-state index in [-0.39, 0.29) is 6.04 Å². The molecule has 2 rings (SSSR count). The molecule has 1 unspecified atom stereocenters. The average Bonchev–Trinajstić information content (AvgIpc) is 2.62. The number of hydrogen-bond donors (Lipinski definition) is 1. The Labute approximate surface area is 109 Å². The van der Waals surface area contributed by atoms with Crippen LogP contribution in [0.4, 0.5) is 5.82 Å². The molecule has 0 bridgehead atoms. The van der Waals surface area contributed by atoms with Crippen molar-refractivity contribution in [3.63, 3.8) is 0 Å². The average molecular weight is 296 g/mol. The van der Waals surface area contributed by atoms with E-state index in [1.54, 1.807) is 6.20 Å². The fourth-order valence-electron chi connectivity index (χ4n) is 1.88. The van der Waals surface area contributed by atoms with Gasteiger partial charge in [-0.15, -0.1) is 0 Å². The molecular weight excluding hydrogens is 282 g/mol. The summed E-state index contributed by atoms with van der Waals surface area (Å²) in [6.07, 6.45) is 1.76. The SMILES string of the molecule is Cc1noc(C)c1C(C)Nc1ncccc1Br. The minimum Gasteiger partial charge on any atom is -0.362 e. The fourth-order valence-corrected chi connectivity index (χ4v) is 2.25. The lowest BCUT2D eigenvalue weighted by atomic mass is 10.1. The van der Waals surface area contributed by atoms with Crippen molar-refractivity contribution < 1.29 is 4.52 Å². The van der Waals surface area contributed by atoms with Gasteiger partial charge >= 0.3 is 0 Å². The molecule has 0 aliphatic carbocycles. The van der Waals surface area contributed by atoms with Crippen molar-refractivity contribution in [1.82, 2.24) is 10.1 Å². The Balaban J connectivity index is 2.23. The zero-order valence-corrected chi connectivity index (χ0v) is 11.6. The maximum atomic E-state index is 5.16. The van der Waals surface area contributed by atoms with Gasteiger partial charge in [0.1, 0.15) is 11.6 Å². The number of nitrogens with one attached hydrogen (secondary N) is 1. The van der Waals surface area contributed by atoms with Gasteiger partial charge in [0.05, 0.1) is 16.2 Å². The molecule has 2 aromatic rings. The van der Waals surface area contributed by atoms with Gasteiger partial charge in [-0.3, -0.25) is 0 Å². The van der Waals surface area contributed by atoms with Crippen LogP contribution < -0.4 is 5.32 Å². The van der Waals surface area contributed by atoms with E-state index in [0.717, 1.165) is 27.3 Å². The van der Waals surface area contributed by atoms with Crippen molar-refractivity contribution in [1.29, 1.82) is 0 Å². The zero-order chi connectivity index (χ0) is 12.4. The molecule has 1 N–H and O–H groups in total. The van der Waals surface area contributed by atoms with Gasteiger partial charge in [0.15, 0.2) is 0 Å². The summed E-state index contributed by atoms with van der Waals surface area (Å²) in [5.41, 5.74) is 2.00. The number of nitrogens with zero attached hydrogens (tertiary/aromatic N) is 2. The predicted molar refractivity (Wildman–Crippen MR) is 70.0 cm³/mol. The molecule has 1 atom stereocenters. The van der Waals surface area contributed by atoms with Gasteiger partial charge < -0.3 is 9.84 Å². The lowest BCUT2D eigenvalue weighted by molar-refractivity contribution is 0.392. The van der Waals surface area contributed by atoms with E-state index in [1.165, 1.54) is 0 Å². The molecule has 0 radical (unpaired) electrons. The van der Waals surface area contributed by atoms with Gasteiger partial charge in [0, 0.05) is 11.8 Å². The monoisotopic (exact) mass is 295 g/mol. The Kier molecular flexibility index (Phi) is 3.47. The molecule has 0 spiro atoms. The second-order valence-corrected chi connectivity index (χ2v) is 4.79. The van der Waals surface area contributed by atoms with Gasteiger partial charge in [0.25, 0.3) is 0 Å². The Bertz CT molecular complexity index is 505. The van der Waals surface area contributed by atoms with Crippen LogP contribution in [0.15, 0.2) is 27.3 Å². The van der Waals surface area contributed by atoms with Crippen LogP contribution >= 0.6 is 15.9 Å². The van der Waals surface area contributed by atoms with Gasteiger partial charge in [-0.1, -0.05) is 5.16 Å². The summed E-state index contributed by atoms with van der Waals surface area (Å²) >= 11 is 3.46. The molecule has 0 aromatic carbocycles. The van der Waals surface area contributed by atoms with E-state index >= 15 is 0 Å². The second kappa shape index (κ2) is 4.87. The maximum Gasteiger partial charge on any atom is 0.140 e. The van der Waals surface area contributed by atoms with Gasteiger partial charge in [-0.05, 0) is 48.8 Å². The minimum absolute atomic E-state index is 0.104. The number of hydrogen-bond acceptors (Lipinski definition) is 4. The first-order valence-corrected chi connectivity index (χ1v) is 6.18. The molecule has 4 nitrogen and oxygen atoms in total. The normalized spacial score (nSPS) is 12.5. The molecular formula is C12H14BrN3O. The molecule has 0 amide bonds. The van der Waals surface area contributed by atoms with Gasteiger partial charge in [0.2, 0.25) is 0 Å². The maximum absolute atomic E-state index is 5.16. The summed E-state index contributed by atoms with van der Waals surface area (Å²) < 4.78 is 6.11. The molecule has 0 fully saturated rings. The van der Waals surface area contributed by atoms with Crippen molar-refractivity contribution in [2.24, 2.45) is 0 Å². The van der Waals surface area contributed by atoms with E-state index in [0.29, 0.717) is 0 Å². The van der Waals surface area contributed by atoms with Crippen LogP contribution in [0.3, 0.4) is 0 Å². The quantitative estimate of drug-likeness (QED) is 0.939. The van der Waals surface area contributed by atoms with Crippen LogP contribution in [0, 0.1) is 13.8 Å². The highest BCUT2D eigenvalue weighted by Crippen LogP contribution is 2.27. The van der Waals surface area contributed by atoms with Crippen LogP contribution in [0.5, 0.6) is 0 Å². The highest BCUT2D eigenvalue weighted by atomic mass is 79.9. The Morgan fingerprint density at radius 1 is 1.41 bits per heavy atom. The summed E-state index contributed by atoms with van der Waals surface area (Å²) in [5, 5.41) is 7.29. The van der Waals surface area contributed by atoms with Gasteiger partial charge in [-0.2, -0.15) is 0 Å². The third-order valence-electron chi connectivity index (χ3n) is 2.63. The molecule has 0 aliphatic heterocycles. The Morgan fingerprint density at radius 3 is 2.76 bits per heavy atom. The molecule has 0 aliphatic rings. The van der Waals surface area contributed by atoms with Gasteiger partial charge in [-0.25, -0.2) is 4.98 Å². The largest absolute Gasteiger partial charge is 0.362 e. The number of rotatable bonds is 3. The second-order valence-electron chi connectivity index (χ2n) is 3.94. The standard InChI is InChI=1S/C12H14BrN3O/c1-7(11-8(2)16-17-9(11)3)15-12-10(13)5-4-6-14-12/h4-7H,1-3H3,(H,14,15). The van der Waals surface area contributed by atoms with Crippen molar-refractivity contribution >= 4 is 21.7 Å². The molecule has 2 aromatic heterocycles. The fraction of sp³-hybridized carbons (Fsp3) is 0.333. The summed E-state index contributed by atoms with van der Waals surface area (Å²) in [6, 6.07) is 3.94. The van der Waals surface area contributed by atoms with E-state index in [4.69, 9.17) is 4.52 Å². The number of aromatic nitrogens is 2. The first kappa shape index (κ1) is 12.1. The molecule has 0 saturated carbocycles. The summed E-state index contributed by atoms with van der Waals surface area (Å²) in [5.74, 6) is 1.66. The number of aryl methyl sites for hydroxylation is 2. The highest BCUT2D eigenvalue weighted by Gasteiger charge is 2.17. The summed E-state index contributed by atoms with van der Waals surface area (Å²) in [7, 11) is 0. The first-order valence-electron chi connectivity index (χ1n) is 5.39. The van der Waals surface area contributed by atoms with Crippen LogP contribution in [0.25, 0.3) is 0 Å². The number of pyridine rings is 1. The summed E-state index contributed by atoms with van der Waals surface area (Å²) in [4.78, 5) is 4.28. The van der Waals surface area contributed by atoms with Crippen molar-refractivity contribution in [2.45, 2.75) is 26.8 Å². The molecule has 5 heteroatoms. The van der Waals surface area contributed by atoms with Crippen molar-refractivity contribution in [3.05, 3.63) is 39.8 Å². The number of anilines is 1. The van der Waals surface area contributed by atoms with Crippen molar-refractivity contribution in [3.8, 4) is 0 Å². The van der Waals surface area contributed by atoms with E-state index in [9.17, 15) is 0 Å². The highest BCUT2D eigenvalue weighted by molar-refractivity contribution is 9.10. The molecule has 17 heavy (non-hydrogen) atoms. The number of halogens is 1. The third kappa shape index (κ3) is 2.49. The van der Waals surface area contributed by atoms with E-state index < -0.39 is 0 Å². The lowest BCUT2D eigenvalue weighted by Gasteiger charge is -2.15.